The van der Waals surface area contributed by atoms with Gasteiger partial charge in [0.05, 0.1) is 0 Å². The van der Waals surface area contributed by atoms with Crippen LogP contribution in [0.1, 0.15) is 24.3 Å². The Kier molecular flexibility index (Phi) is 3.74. The lowest BCUT2D eigenvalue weighted by Gasteiger charge is -2.14. The fraction of sp³-hybridized carbons (Fsp3) is 0.429. The van der Waals surface area contributed by atoms with E-state index in [-0.39, 0.29) is 6.61 Å². The summed E-state index contributed by atoms with van der Waals surface area (Å²) in [6, 6.07) is 8.16. The van der Waals surface area contributed by atoms with E-state index in [2.05, 4.69) is 33.5 Å². The van der Waals surface area contributed by atoms with Gasteiger partial charge in [0.1, 0.15) is 5.75 Å². The van der Waals surface area contributed by atoms with Crippen LogP contribution in [0.2, 0.25) is 0 Å². The second-order valence-corrected chi connectivity index (χ2v) is 4.70. The predicted octanol–water partition coefficient (Wildman–Crippen LogP) is 2.04. The minimum Gasteiger partial charge on any atom is -0.484 e. The highest BCUT2D eigenvalue weighted by atomic mass is 16.5. The van der Waals surface area contributed by atoms with Gasteiger partial charge in [-0.3, -0.25) is 4.90 Å². The molecule has 0 spiro atoms. The van der Waals surface area contributed by atoms with Gasteiger partial charge in [0.15, 0.2) is 6.61 Å². The first-order chi connectivity index (χ1) is 9.40. The molecule has 19 heavy (non-hydrogen) atoms. The first kappa shape index (κ1) is 12.2. The third kappa shape index (κ3) is 3.32. The summed E-state index contributed by atoms with van der Waals surface area (Å²) < 4.78 is 10.4. The number of ether oxygens (including phenoxy) is 1. The van der Waals surface area contributed by atoms with E-state index < -0.39 is 0 Å². The number of likely N-dealkylation sites (tertiary alicyclic amines) is 1. The Morgan fingerprint density at radius 2 is 2.00 bits per heavy atom. The van der Waals surface area contributed by atoms with E-state index in [9.17, 15) is 0 Å². The van der Waals surface area contributed by atoms with Gasteiger partial charge in [-0.1, -0.05) is 17.3 Å². The molecule has 5 heteroatoms. The summed E-state index contributed by atoms with van der Waals surface area (Å²) >= 11 is 0. The van der Waals surface area contributed by atoms with Crippen LogP contribution in [0.5, 0.6) is 5.75 Å². The van der Waals surface area contributed by atoms with E-state index >= 15 is 0 Å². The quantitative estimate of drug-likeness (QED) is 0.821. The minimum atomic E-state index is 0.280. The smallest absolute Gasteiger partial charge is 0.264 e. The molecule has 3 rings (SSSR count). The van der Waals surface area contributed by atoms with E-state index in [4.69, 9.17) is 9.26 Å². The zero-order valence-corrected chi connectivity index (χ0v) is 10.7. The second kappa shape index (κ2) is 5.84. The highest BCUT2D eigenvalue weighted by Crippen LogP contribution is 2.17. The lowest BCUT2D eigenvalue weighted by atomic mass is 10.2. The lowest BCUT2D eigenvalue weighted by Crippen LogP contribution is -2.18. The van der Waals surface area contributed by atoms with E-state index in [0.29, 0.717) is 5.89 Å². The Balaban J connectivity index is 1.53. The van der Waals surface area contributed by atoms with Gasteiger partial charge >= 0.3 is 0 Å². The van der Waals surface area contributed by atoms with Gasteiger partial charge in [-0.15, -0.1) is 0 Å². The molecule has 2 aromatic rings. The molecule has 0 amide bonds. The molecule has 1 aromatic carbocycles. The number of hydrogen-bond acceptors (Lipinski definition) is 5. The van der Waals surface area contributed by atoms with Crippen LogP contribution in [-0.4, -0.2) is 28.1 Å². The molecule has 5 nitrogen and oxygen atoms in total. The third-order valence-electron chi connectivity index (χ3n) is 3.26. The maximum Gasteiger partial charge on any atom is 0.264 e. The van der Waals surface area contributed by atoms with Crippen LogP contribution in [0, 0.1) is 6.33 Å². The summed E-state index contributed by atoms with van der Waals surface area (Å²) in [6.45, 7) is 3.73. The van der Waals surface area contributed by atoms with Crippen molar-refractivity contribution >= 4 is 0 Å². The summed E-state index contributed by atoms with van der Waals surface area (Å²) in [5.74, 6) is 1.24. The van der Waals surface area contributed by atoms with Gasteiger partial charge in [0, 0.05) is 6.54 Å². The fourth-order valence-electron chi connectivity index (χ4n) is 2.26. The van der Waals surface area contributed by atoms with Gasteiger partial charge in [-0.2, -0.15) is 4.98 Å². The van der Waals surface area contributed by atoms with E-state index in [1.807, 2.05) is 12.1 Å². The maximum absolute atomic E-state index is 5.55. The Bertz CT molecular complexity index is 490. The van der Waals surface area contributed by atoms with Crippen LogP contribution in [0.15, 0.2) is 28.8 Å². The van der Waals surface area contributed by atoms with Gasteiger partial charge in [0.25, 0.3) is 5.89 Å². The van der Waals surface area contributed by atoms with Crippen LogP contribution in [-0.2, 0) is 13.2 Å². The second-order valence-electron chi connectivity index (χ2n) is 4.70. The normalized spacial score (nSPS) is 15.8. The van der Waals surface area contributed by atoms with Crippen LogP contribution < -0.4 is 4.74 Å². The molecule has 1 aliphatic rings. The van der Waals surface area contributed by atoms with E-state index in [1.165, 1.54) is 31.5 Å². The molecule has 1 fully saturated rings. The van der Waals surface area contributed by atoms with Crippen molar-refractivity contribution in [1.82, 2.24) is 15.0 Å². The summed E-state index contributed by atoms with van der Waals surface area (Å²) in [4.78, 5) is 6.26. The maximum atomic E-state index is 5.55. The van der Waals surface area contributed by atoms with Gasteiger partial charge < -0.3 is 9.26 Å². The summed E-state index contributed by atoms with van der Waals surface area (Å²) in [6.07, 6.45) is 5.01. The van der Waals surface area contributed by atoms with Crippen molar-refractivity contribution in [3.8, 4) is 5.75 Å². The number of rotatable bonds is 5. The molecular formula is C14H16N3O2. The van der Waals surface area contributed by atoms with E-state index in [0.717, 1.165) is 12.3 Å². The molecular weight excluding hydrogens is 242 g/mol. The Morgan fingerprint density at radius 1 is 1.21 bits per heavy atom. The van der Waals surface area contributed by atoms with E-state index in [1.54, 1.807) is 0 Å². The van der Waals surface area contributed by atoms with Crippen LogP contribution in [0.4, 0.5) is 0 Å². The highest BCUT2D eigenvalue weighted by molar-refractivity contribution is 5.27. The number of nitrogens with zero attached hydrogens (tertiary/aromatic N) is 3. The number of benzene rings is 1. The van der Waals surface area contributed by atoms with Gasteiger partial charge in [-0.25, -0.2) is 0 Å². The minimum absolute atomic E-state index is 0.280. The molecule has 0 saturated carbocycles. The predicted molar refractivity (Wildman–Crippen MR) is 68.4 cm³/mol. The van der Waals surface area contributed by atoms with Crippen molar-refractivity contribution in [2.75, 3.05) is 13.1 Å². The van der Waals surface area contributed by atoms with Crippen molar-refractivity contribution < 1.29 is 9.26 Å². The fourth-order valence-corrected chi connectivity index (χ4v) is 2.26. The molecule has 1 aliphatic heterocycles. The SMILES string of the molecule is [c]1noc(COc2ccc(CN3CCCC3)cc2)n1. The molecule has 2 heterocycles. The van der Waals surface area contributed by atoms with Crippen molar-refractivity contribution in [3.05, 3.63) is 42.0 Å². The number of aromatic nitrogens is 2. The molecule has 0 unspecified atom stereocenters. The monoisotopic (exact) mass is 258 g/mol. The van der Waals surface area contributed by atoms with Crippen LogP contribution in [0.25, 0.3) is 0 Å². The Hall–Kier alpha value is -1.88. The molecule has 99 valence electrons. The first-order valence-electron chi connectivity index (χ1n) is 6.53. The Labute approximate surface area is 112 Å². The zero-order chi connectivity index (χ0) is 12.9. The van der Waals surface area contributed by atoms with Crippen LogP contribution in [0.3, 0.4) is 0 Å². The zero-order valence-electron chi connectivity index (χ0n) is 10.7. The highest BCUT2D eigenvalue weighted by Gasteiger charge is 2.11. The first-order valence-corrected chi connectivity index (χ1v) is 6.53. The van der Waals surface area contributed by atoms with Crippen LogP contribution >= 0.6 is 0 Å². The molecule has 1 aromatic heterocycles. The van der Waals surface area contributed by atoms with Gasteiger partial charge in [0.2, 0.25) is 6.33 Å². The van der Waals surface area contributed by atoms with Crippen molar-refractivity contribution in [1.29, 1.82) is 0 Å². The summed E-state index contributed by atoms with van der Waals surface area (Å²) in [5, 5.41) is 3.41. The number of hydrogen-bond donors (Lipinski definition) is 0. The van der Waals surface area contributed by atoms with Crippen molar-refractivity contribution in [3.63, 3.8) is 0 Å². The van der Waals surface area contributed by atoms with Gasteiger partial charge in [-0.05, 0) is 43.6 Å². The summed E-state index contributed by atoms with van der Waals surface area (Å²) in [5.41, 5.74) is 1.32. The molecule has 0 N–H and O–H groups in total. The topological polar surface area (TPSA) is 51.4 Å². The molecule has 1 saturated heterocycles. The van der Waals surface area contributed by atoms with Crippen molar-refractivity contribution in [2.45, 2.75) is 26.0 Å². The average Bonchev–Trinajstić information content (AvgIpc) is 3.11. The third-order valence-corrected chi connectivity index (χ3v) is 3.26. The van der Waals surface area contributed by atoms with Crippen molar-refractivity contribution in [2.24, 2.45) is 0 Å². The molecule has 0 atom stereocenters. The largest absolute Gasteiger partial charge is 0.484 e. The molecule has 0 aliphatic carbocycles. The Morgan fingerprint density at radius 3 is 2.68 bits per heavy atom. The standard InChI is InChI=1S/C14H16N3O2/c1-2-8-17(7-1)9-12-3-5-13(6-4-12)18-10-14-15-11-16-19-14/h3-6H,1-2,7-10H2. The molecule has 0 bridgehead atoms. The summed E-state index contributed by atoms with van der Waals surface area (Å²) in [7, 11) is 0. The average molecular weight is 258 g/mol. The lowest BCUT2D eigenvalue weighted by molar-refractivity contribution is 0.242. The molecule has 1 radical (unpaired) electrons.